The van der Waals surface area contributed by atoms with Gasteiger partial charge >= 0.3 is 0 Å². The van der Waals surface area contributed by atoms with Crippen molar-refractivity contribution < 1.29 is 19.1 Å². The molecule has 0 bridgehead atoms. The molecule has 2 aromatic carbocycles. The first-order valence-corrected chi connectivity index (χ1v) is 9.57. The van der Waals surface area contributed by atoms with Gasteiger partial charge in [-0.25, -0.2) is 0 Å². The zero-order valence-corrected chi connectivity index (χ0v) is 16.7. The molecule has 25 heavy (non-hydrogen) atoms. The van der Waals surface area contributed by atoms with E-state index in [1.165, 1.54) is 14.2 Å². The van der Waals surface area contributed by atoms with Crippen LogP contribution < -0.4 is 20.0 Å². The number of ether oxygens (including phenoxy) is 2. The lowest BCUT2D eigenvalue weighted by Crippen LogP contribution is -2.28. The van der Waals surface area contributed by atoms with Gasteiger partial charge in [-0.1, -0.05) is 23.2 Å². The van der Waals surface area contributed by atoms with E-state index >= 15 is 0 Å². The summed E-state index contributed by atoms with van der Waals surface area (Å²) in [5.41, 5.74) is 0.426. The number of amides is 1. The molecule has 0 fully saturated rings. The zero-order valence-electron chi connectivity index (χ0n) is 13.8. The Labute approximate surface area is 158 Å². The lowest BCUT2D eigenvalue weighted by molar-refractivity contribution is -0.121. The van der Waals surface area contributed by atoms with Gasteiger partial charge in [-0.15, -0.1) is 0 Å². The second-order valence-electron chi connectivity index (χ2n) is 5.24. The van der Waals surface area contributed by atoms with Gasteiger partial charge in [-0.2, -0.15) is 0 Å². The first-order valence-electron chi connectivity index (χ1n) is 7.40. The van der Waals surface area contributed by atoms with E-state index in [0.717, 1.165) is 5.19 Å². The number of hydrogen-bond donors (Lipinski definition) is 1. The Hall–Kier alpha value is -2.02. The molecule has 0 saturated carbocycles. The third-order valence-electron chi connectivity index (χ3n) is 3.42. The van der Waals surface area contributed by atoms with Gasteiger partial charge in [0.1, 0.15) is 26.4 Å². The maximum absolute atomic E-state index is 12.3. The first kappa shape index (κ1) is 19.3. The number of rotatable bonds is 7. The fourth-order valence-electron chi connectivity index (χ4n) is 2.31. The number of halogens is 2. The number of methoxy groups -OCH3 is 2. The first-order chi connectivity index (χ1) is 11.9. The molecule has 0 aliphatic heterocycles. The molecular weight excluding hydrogens is 381 g/mol. The minimum atomic E-state index is -1.37. The molecule has 0 radical (unpaired) electrons. The largest absolute Gasteiger partial charge is 0.497 e. The van der Waals surface area contributed by atoms with E-state index in [0.29, 0.717) is 27.2 Å². The lowest BCUT2D eigenvalue weighted by Gasteiger charge is -2.11. The molecule has 0 spiro atoms. The monoisotopic (exact) mass is 397 g/mol. The Morgan fingerprint density at radius 3 is 2.24 bits per heavy atom. The van der Waals surface area contributed by atoms with Crippen LogP contribution >= 0.6 is 23.2 Å². The van der Waals surface area contributed by atoms with Crippen LogP contribution in [0.3, 0.4) is 0 Å². The van der Waals surface area contributed by atoms with Gasteiger partial charge in [-0.3, -0.25) is 4.79 Å². The van der Waals surface area contributed by atoms with E-state index in [9.17, 15) is 9.59 Å². The average Bonchev–Trinajstić information content (AvgIpc) is 2.55. The number of hydrogen-bond acceptors (Lipinski definition) is 4. The third-order valence-corrected chi connectivity index (χ3v) is 5.47. The maximum Gasteiger partial charge on any atom is 0.231 e. The van der Waals surface area contributed by atoms with Gasteiger partial charge in [-0.05, 0) is 41.6 Å². The highest BCUT2D eigenvalue weighted by Crippen LogP contribution is 2.27. The number of nitrogens with one attached hydrogen (secondary N) is 1. The quantitative estimate of drug-likeness (QED) is 0.575. The minimum absolute atomic E-state index is 0.126. The van der Waals surface area contributed by atoms with Gasteiger partial charge < -0.3 is 19.6 Å². The molecule has 0 atom stereocenters. The Bertz CT molecular complexity index is 733. The van der Waals surface area contributed by atoms with Crippen LogP contribution in [0.4, 0.5) is 5.69 Å². The van der Waals surface area contributed by atoms with Crippen molar-refractivity contribution in [1.29, 1.82) is 0 Å². The van der Waals surface area contributed by atoms with Crippen molar-refractivity contribution in [1.82, 2.24) is 0 Å². The Kier molecular flexibility index (Phi) is 6.87. The highest BCUT2D eigenvalue weighted by atomic mass is 35.5. The molecule has 1 N–H and O–H groups in total. The van der Waals surface area contributed by atoms with Crippen LogP contribution in [0.15, 0.2) is 36.4 Å². The number of anilines is 1. The second-order valence-corrected chi connectivity index (χ2v) is 8.02. The van der Waals surface area contributed by atoms with Crippen LogP contribution in [0.1, 0.15) is 6.42 Å². The van der Waals surface area contributed by atoms with Gasteiger partial charge in [0.15, 0.2) is 0 Å². The predicted molar refractivity (Wildman–Crippen MR) is 102 cm³/mol. The molecule has 0 aliphatic rings. The van der Waals surface area contributed by atoms with Crippen molar-refractivity contribution in [2.45, 2.75) is 6.42 Å². The summed E-state index contributed by atoms with van der Waals surface area (Å²) in [7, 11) is 1.65. The molecule has 2 aromatic rings. The van der Waals surface area contributed by atoms with Crippen molar-refractivity contribution >= 4 is 54.9 Å². The van der Waals surface area contributed by atoms with Crippen molar-refractivity contribution in [2.24, 2.45) is 0 Å². The summed E-state index contributed by atoms with van der Waals surface area (Å²) in [4.78, 5) is 24.4. The normalized spacial score (nSPS) is 10.7. The van der Waals surface area contributed by atoms with Gasteiger partial charge in [0, 0.05) is 10.0 Å². The molecular formula is C17H17Cl2NO4Si. The summed E-state index contributed by atoms with van der Waals surface area (Å²) in [6.07, 6.45) is -0.225. The van der Waals surface area contributed by atoms with E-state index in [2.05, 4.69) is 5.32 Å². The van der Waals surface area contributed by atoms with Crippen molar-refractivity contribution in [2.75, 3.05) is 19.5 Å². The van der Waals surface area contributed by atoms with Gasteiger partial charge in [0.25, 0.3) is 0 Å². The summed E-state index contributed by atoms with van der Waals surface area (Å²) >= 11 is 11.9. The van der Waals surface area contributed by atoms with Crippen molar-refractivity contribution in [3.63, 3.8) is 0 Å². The predicted octanol–water partition coefficient (Wildman–Crippen LogP) is 2.36. The average molecular weight is 398 g/mol. The molecule has 0 unspecified atom stereocenters. The summed E-state index contributed by atoms with van der Waals surface area (Å²) in [5.74, 6) is 0.666. The standard InChI is InChI=1S/C17H17Cl2NO4Si/c1-23-13-5-3-10(18)7-12(13)20-16(21)9-17(22)25-15-8-11(19)4-6-14(15)24-2/h3-8H,9,25H2,1-2H3,(H,20,21). The maximum atomic E-state index is 12.3. The van der Waals surface area contributed by atoms with E-state index in [4.69, 9.17) is 32.7 Å². The number of carbonyl (C=O) groups excluding carboxylic acids is 2. The highest BCUT2D eigenvalue weighted by molar-refractivity contribution is 6.85. The van der Waals surface area contributed by atoms with E-state index in [1.807, 2.05) is 0 Å². The molecule has 5 nitrogen and oxygen atoms in total. The Morgan fingerprint density at radius 1 is 1.00 bits per heavy atom. The lowest BCUT2D eigenvalue weighted by atomic mass is 10.3. The highest BCUT2D eigenvalue weighted by Gasteiger charge is 2.15. The van der Waals surface area contributed by atoms with Gasteiger partial charge in [0.2, 0.25) is 5.91 Å². The molecule has 132 valence electrons. The van der Waals surface area contributed by atoms with E-state index < -0.39 is 15.4 Å². The van der Waals surface area contributed by atoms with E-state index in [-0.39, 0.29) is 11.8 Å². The van der Waals surface area contributed by atoms with Crippen LogP contribution in [0, 0.1) is 0 Å². The minimum Gasteiger partial charge on any atom is -0.497 e. The Morgan fingerprint density at radius 2 is 1.60 bits per heavy atom. The molecule has 0 saturated heterocycles. The third kappa shape index (κ3) is 5.49. The van der Waals surface area contributed by atoms with Crippen LogP contribution in [0.5, 0.6) is 11.5 Å². The van der Waals surface area contributed by atoms with Gasteiger partial charge in [0.05, 0.1) is 26.3 Å². The summed E-state index contributed by atoms with van der Waals surface area (Å²) in [5, 5.41) is 4.29. The zero-order chi connectivity index (χ0) is 18.4. The van der Waals surface area contributed by atoms with Crippen LogP contribution in [-0.4, -0.2) is 35.1 Å². The fraction of sp³-hybridized carbons (Fsp3) is 0.176. The molecule has 0 aromatic heterocycles. The smallest absolute Gasteiger partial charge is 0.231 e. The Balaban J connectivity index is 2.03. The molecule has 2 rings (SSSR count). The van der Waals surface area contributed by atoms with Crippen molar-refractivity contribution in [3.8, 4) is 11.5 Å². The molecule has 8 heteroatoms. The summed E-state index contributed by atoms with van der Waals surface area (Å²) < 4.78 is 10.4. The summed E-state index contributed by atoms with van der Waals surface area (Å²) in [6.45, 7) is 0. The van der Waals surface area contributed by atoms with Crippen LogP contribution in [0.25, 0.3) is 0 Å². The fourth-order valence-corrected chi connectivity index (χ4v) is 4.34. The molecule has 1 amide bonds. The number of carbonyl (C=O) groups is 2. The van der Waals surface area contributed by atoms with E-state index in [1.54, 1.807) is 36.4 Å². The second kappa shape index (κ2) is 8.89. The van der Waals surface area contributed by atoms with Crippen LogP contribution in [0.2, 0.25) is 10.0 Å². The van der Waals surface area contributed by atoms with Crippen molar-refractivity contribution in [3.05, 3.63) is 46.4 Å². The molecule has 0 heterocycles. The topological polar surface area (TPSA) is 64.6 Å². The number of benzene rings is 2. The summed E-state index contributed by atoms with van der Waals surface area (Å²) in [6, 6.07) is 9.99. The SMILES string of the molecule is COc1ccc(Cl)cc1NC(=O)CC(=O)[SiH2]c1cc(Cl)ccc1OC. The molecule has 0 aliphatic carbocycles. The van der Waals surface area contributed by atoms with Crippen LogP contribution in [-0.2, 0) is 9.59 Å².